The van der Waals surface area contributed by atoms with Crippen molar-refractivity contribution in [3.8, 4) is 0 Å². The lowest BCUT2D eigenvalue weighted by Gasteiger charge is -2.44. The van der Waals surface area contributed by atoms with E-state index < -0.39 is 0 Å². The monoisotopic (exact) mass is 314 g/mol. The second-order valence-corrected chi connectivity index (χ2v) is 8.01. The average molecular weight is 314 g/mol. The maximum atomic E-state index is 9.75. The van der Waals surface area contributed by atoms with Crippen LogP contribution in [0.25, 0.3) is 0 Å². The number of nitrogens with zero attached hydrogens (tertiary/aromatic N) is 4. The third-order valence-electron chi connectivity index (χ3n) is 6.84. The zero-order valence-electron chi connectivity index (χ0n) is 13.6. The Kier molecular flexibility index (Phi) is 3.25. The second-order valence-electron chi connectivity index (χ2n) is 8.01. The summed E-state index contributed by atoms with van der Waals surface area (Å²) in [6.07, 6.45) is 8.32. The quantitative estimate of drug-likeness (QED) is 0.904. The Hall–Kier alpha value is -1.36. The Morgan fingerprint density at radius 3 is 2.22 bits per heavy atom. The van der Waals surface area contributed by atoms with Crippen LogP contribution in [0.1, 0.15) is 32.1 Å². The minimum atomic E-state index is -0.210. The van der Waals surface area contributed by atoms with Gasteiger partial charge in [-0.3, -0.25) is 0 Å². The molecule has 1 aromatic rings. The summed E-state index contributed by atoms with van der Waals surface area (Å²) in [5.41, 5.74) is 0. The van der Waals surface area contributed by atoms with Gasteiger partial charge in [-0.05, 0) is 61.8 Å². The largest absolute Gasteiger partial charge is 0.391 e. The van der Waals surface area contributed by atoms with Gasteiger partial charge in [0.25, 0.3) is 0 Å². The maximum Gasteiger partial charge on any atom is 0.227 e. The van der Waals surface area contributed by atoms with Crippen LogP contribution >= 0.6 is 0 Å². The van der Waals surface area contributed by atoms with Crippen LogP contribution in [0.3, 0.4) is 0 Å². The molecule has 124 valence electrons. The number of rotatable bonds is 2. The van der Waals surface area contributed by atoms with Gasteiger partial charge in [0.05, 0.1) is 6.10 Å². The Labute approximate surface area is 137 Å². The zero-order chi connectivity index (χ0) is 15.4. The number of aliphatic hydroxyl groups excluding tert-OH is 1. The molecule has 0 amide bonds. The predicted octanol–water partition coefficient (Wildman–Crippen LogP) is 1.92. The van der Waals surface area contributed by atoms with Crippen molar-refractivity contribution in [3.63, 3.8) is 0 Å². The molecule has 1 aromatic heterocycles. The molecule has 3 atom stereocenters. The summed E-state index contributed by atoms with van der Waals surface area (Å²) in [5, 5.41) is 9.75. The van der Waals surface area contributed by atoms with Crippen molar-refractivity contribution in [2.75, 3.05) is 36.0 Å². The Morgan fingerprint density at radius 2 is 1.61 bits per heavy atom. The van der Waals surface area contributed by atoms with Crippen LogP contribution in [0, 0.1) is 23.7 Å². The first-order chi connectivity index (χ1) is 11.3. The van der Waals surface area contributed by atoms with E-state index in [4.69, 9.17) is 4.98 Å². The summed E-state index contributed by atoms with van der Waals surface area (Å²) in [6.45, 7) is 3.90. The summed E-state index contributed by atoms with van der Waals surface area (Å²) < 4.78 is 0. The molecule has 5 fully saturated rings. The first-order valence-corrected chi connectivity index (χ1v) is 9.29. The number of hydrogen-bond acceptors (Lipinski definition) is 5. The standard InChI is InChI=1S/C18H26N4O/c23-14-6-8-21(9-14)17-5-7-19-18(20-17)22-10-15-12-1-2-13(4-3-12)16(15)11-22/h5,7,12-16,23H,1-4,6,8-11H2/t12?,13?,14-,15-,16+/m0/s1. The van der Waals surface area contributed by atoms with E-state index in [1.807, 2.05) is 12.3 Å². The van der Waals surface area contributed by atoms with Gasteiger partial charge in [-0.1, -0.05) is 0 Å². The van der Waals surface area contributed by atoms with Crippen molar-refractivity contribution >= 4 is 11.8 Å². The van der Waals surface area contributed by atoms with Crippen LogP contribution in [0.15, 0.2) is 12.3 Å². The molecule has 5 aliphatic rings. The SMILES string of the molecule is O[C@H]1CCN(c2ccnc(N3C[C@@H]4C5CCC(CC5)[C@@H]4C3)n2)C1. The van der Waals surface area contributed by atoms with Crippen LogP contribution in [-0.4, -0.2) is 47.4 Å². The Bertz CT molecular complexity index is 566. The predicted molar refractivity (Wildman–Crippen MR) is 89.5 cm³/mol. The van der Waals surface area contributed by atoms with Crippen molar-refractivity contribution in [1.29, 1.82) is 0 Å². The summed E-state index contributed by atoms with van der Waals surface area (Å²) in [4.78, 5) is 14.0. The molecule has 3 saturated carbocycles. The third-order valence-corrected chi connectivity index (χ3v) is 6.84. The molecule has 1 N–H and O–H groups in total. The highest BCUT2D eigenvalue weighted by Crippen LogP contribution is 2.52. The van der Waals surface area contributed by atoms with Crippen LogP contribution in [0.5, 0.6) is 0 Å². The van der Waals surface area contributed by atoms with Gasteiger partial charge in [0.2, 0.25) is 5.95 Å². The number of hydrogen-bond donors (Lipinski definition) is 1. The first kappa shape index (κ1) is 14.0. The highest BCUT2D eigenvalue weighted by atomic mass is 16.3. The van der Waals surface area contributed by atoms with Crippen molar-refractivity contribution in [3.05, 3.63) is 12.3 Å². The van der Waals surface area contributed by atoms with E-state index in [0.29, 0.717) is 6.54 Å². The van der Waals surface area contributed by atoms with Gasteiger partial charge in [0, 0.05) is 32.4 Å². The van der Waals surface area contributed by atoms with E-state index in [0.717, 1.165) is 61.5 Å². The van der Waals surface area contributed by atoms with Crippen molar-refractivity contribution in [2.45, 2.75) is 38.2 Å². The molecule has 0 spiro atoms. The molecule has 2 saturated heterocycles. The first-order valence-electron chi connectivity index (χ1n) is 9.29. The van der Waals surface area contributed by atoms with E-state index >= 15 is 0 Å². The van der Waals surface area contributed by atoms with Gasteiger partial charge < -0.3 is 14.9 Å². The van der Waals surface area contributed by atoms with E-state index in [1.54, 1.807) is 0 Å². The van der Waals surface area contributed by atoms with Crippen LogP contribution in [0.2, 0.25) is 0 Å². The molecule has 3 heterocycles. The fraction of sp³-hybridized carbons (Fsp3) is 0.778. The minimum Gasteiger partial charge on any atom is -0.391 e. The Morgan fingerprint density at radius 1 is 0.913 bits per heavy atom. The normalized spacial score (nSPS) is 39.1. The van der Waals surface area contributed by atoms with Crippen molar-refractivity contribution in [1.82, 2.24) is 9.97 Å². The van der Waals surface area contributed by atoms with Gasteiger partial charge in [-0.2, -0.15) is 4.98 Å². The van der Waals surface area contributed by atoms with Gasteiger partial charge in [0.15, 0.2) is 0 Å². The minimum absolute atomic E-state index is 0.210. The number of β-amino-alcohol motifs (C(OH)–C–C–N with tert-alkyl or cyclic N) is 1. The highest BCUT2D eigenvalue weighted by molar-refractivity contribution is 5.45. The van der Waals surface area contributed by atoms with E-state index in [2.05, 4.69) is 14.8 Å². The molecule has 5 nitrogen and oxygen atoms in total. The van der Waals surface area contributed by atoms with Gasteiger partial charge >= 0.3 is 0 Å². The summed E-state index contributed by atoms with van der Waals surface area (Å²) >= 11 is 0. The lowest BCUT2D eigenvalue weighted by molar-refractivity contribution is 0.0577. The van der Waals surface area contributed by atoms with Crippen molar-refractivity contribution < 1.29 is 5.11 Å². The van der Waals surface area contributed by atoms with E-state index in [1.165, 1.54) is 25.7 Å². The van der Waals surface area contributed by atoms with Crippen LogP contribution in [0.4, 0.5) is 11.8 Å². The molecule has 3 aliphatic carbocycles. The molecule has 5 heteroatoms. The fourth-order valence-corrected chi connectivity index (χ4v) is 5.63. The molecule has 2 bridgehead atoms. The smallest absolute Gasteiger partial charge is 0.227 e. The number of fused-ring (bicyclic) bond motifs is 2. The van der Waals surface area contributed by atoms with Crippen LogP contribution in [-0.2, 0) is 0 Å². The highest BCUT2D eigenvalue weighted by Gasteiger charge is 2.48. The van der Waals surface area contributed by atoms with Crippen LogP contribution < -0.4 is 9.80 Å². The van der Waals surface area contributed by atoms with E-state index in [9.17, 15) is 5.11 Å². The van der Waals surface area contributed by atoms with Gasteiger partial charge in [-0.15, -0.1) is 0 Å². The molecule has 23 heavy (non-hydrogen) atoms. The number of aliphatic hydroxyl groups is 1. The maximum absolute atomic E-state index is 9.75. The lowest BCUT2D eigenvalue weighted by Crippen LogP contribution is -2.38. The molecule has 0 aromatic carbocycles. The summed E-state index contributed by atoms with van der Waals surface area (Å²) in [6, 6.07) is 1.98. The topological polar surface area (TPSA) is 52.5 Å². The summed E-state index contributed by atoms with van der Waals surface area (Å²) in [7, 11) is 0. The average Bonchev–Trinajstić information content (AvgIpc) is 3.23. The molecule has 0 radical (unpaired) electrons. The zero-order valence-corrected chi connectivity index (χ0v) is 13.6. The fourth-order valence-electron chi connectivity index (χ4n) is 5.63. The van der Waals surface area contributed by atoms with Crippen molar-refractivity contribution in [2.24, 2.45) is 23.7 Å². The molecule has 6 rings (SSSR count). The van der Waals surface area contributed by atoms with E-state index in [-0.39, 0.29) is 6.10 Å². The lowest BCUT2D eigenvalue weighted by atomic mass is 9.60. The molecule has 0 unspecified atom stereocenters. The molecule has 2 aliphatic heterocycles. The third kappa shape index (κ3) is 2.32. The van der Waals surface area contributed by atoms with Gasteiger partial charge in [-0.25, -0.2) is 4.98 Å². The molecular formula is C18H26N4O. The number of aromatic nitrogens is 2. The second kappa shape index (κ2) is 5.33. The van der Waals surface area contributed by atoms with Gasteiger partial charge in [0.1, 0.15) is 5.82 Å². The Balaban J connectivity index is 1.36. The molecular weight excluding hydrogens is 288 g/mol. The summed E-state index contributed by atoms with van der Waals surface area (Å²) in [5.74, 6) is 5.53. The number of anilines is 2.